The lowest BCUT2D eigenvalue weighted by molar-refractivity contribution is -0.131. The first kappa shape index (κ1) is 17.7. The third kappa shape index (κ3) is 4.90. The molecule has 1 N–H and O–H groups in total. The molecule has 2 atom stereocenters. The summed E-state index contributed by atoms with van der Waals surface area (Å²) in [5.41, 5.74) is 0.950. The van der Waals surface area contributed by atoms with E-state index in [1.54, 1.807) is 0 Å². The summed E-state index contributed by atoms with van der Waals surface area (Å²) in [6.07, 6.45) is 3.88. The van der Waals surface area contributed by atoms with Crippen molar-refractivity contribution in [2.45, 2.75) is 58.7 Å². The van der Waals surface area contributed by atoms with Gasteiger partial charge in [0.1, 0.15) is 6.29 Å². The molecular formula is C19H28N2O2. The van der Waals surface area contributed by atoms with E-state index in [-0.39, 0.29) is 17.4 Å². The van der Waals surface area contributed by atoms with Crippen LogP contribution in [0, 0.1) is 5.41 Å². The van der Waals surface area contributed by atoms with Crippen molar-refractivity contribution in [1.29, 1.82) is 0 Å². The van der Waals surface area contributed by atoms with E-state index in [4.69, 9.17) is 0 Å². The maximum atomic E-state index is 12.7. The Balaban J connectivity index is 2.05. The average Bonchev–Trinajstić information content (AvgIpc) is 2.52. The van der Waals surface area contributed by atoms with Crippen molar-refractivity contribution >= 4 is 12.2 Å². The molecule has 2 unspecified atom stereocenters. The predicted molar refractivity (Wildman–Crippen MR) is 91.9 cm³/mol. The molecule has 4 nitrogen and oxygen atoms in total. The van der Waals surface area contributed by atoms with Crippen LogP contribution in [0.15, 0.2) is 30.3 Å². The van der Waals surface area contributed by atoms with Gasteiger partial charge in [0.05, 0.1) is 12.1 Å². The largest absolute Gasteiger partial charge is 0.345 e. The zero-order valence-corrected chi connectivity index (χ0v) is 14.4. The summed E-state index contributed by atoms with van der Waals surface area (Å²) < 4.78 is 0. The first-order valence-electron chi connectivity index (χ1n) is 8.45. The molecule has 0 aliphatic carbocycles. The minimum absolute atomic E-state index is 0.0207. The van der Waals surface area contributed by atoms with Crippen LogP contribution in [0.4, 0.5) is 0 Å². The summed E-state index contributed by atoms with van der Waals surface area (Å²) in [5, 5.41) is 2.94. The lowest BCUT2D eigenvalue weighted by Crippen LogP contribution is -2.54. The number of likely N-dealkylation sites (tertiary alicyclic amines) is 1. The molecule has 2 rings (SSSR count). The van der Waals surface area contributed by atoms with E-state index in [1.807, 2.05) is 39.0 Å². The highest BCUT2D eigenvalue weighted by atomic mass is 16.2. The van der Waals surface area contributed by atoms with Crippen molar-refractivity contribution < 1.29 is 9.59 Å². The molecule has 0 saturated carbocycles. The number of hydrogen-bond donors (Lipinski definition) is 1. The number of amides is 1. The number of nitrogens with zero attached hydrogens (tertiary/aromatic N) is 1. The van der Waals surface area contributed by atoms with Crippen LogP contribution in [-0.4, -0.2) is 35.7 Å². The predicted octanol–water partition coefficient (Wildman–Crippen LogP) is 2.77. The Morgan fingerprint density at radius 2 is 2.00 bits per heavy atom. The molecule has 1 aliphatic heterocycles. The molecule has 0 spiro atoms. The molecule has 23 heavy (non-hydrogen) atoms. The van der Waals surface area contributed by atoms with Gasteiger partial charge in [-0.1, -0.05) is 57.5 Å². The Hall–Kier alpha value is -1.68. The Labute approximate surface area is 139 Å². The standard InChI is InChI=1S/C19H28N2O2/c1-19(2,3)17(14-22)20-18(23)16-11-7-8-12-21(16)13-15-9-5-4-6-10-15/h4-6,9-10,14,16-17H,7-8,11-13H2,1-3H3,(H,20,23). The van der Waals surface area contributed by atoms with Crippen LogP contribution in [0.25, 0.3) is 0 Å². The van der Waals surface area contributed by atoms with Crippen LogP contribution in [0.2, 0.25) is 0 Å². The van der Waals surface area contributed by atoms with Crippen molar-refractivity contribution in [3.05, 3.63) is 35.9 Å². The Kier molecular flexibility index (Phi) is 5.94. The van der Waals surface area contributed by atoms with Crippen LogP contribution in [0.1, 0.15) is 45.6 Å². The van der Waals surface area contributed by atoms with Crippen LogP contribution in [0.5, 0.6) is 0 Å². The Bertz CT molecular complexity index is 522. The van der Waals surface area contributed by atoms with E-state index in [0.29, 0.717) is 0 Å². The smallest absolute Gasteiger partial charge is 0.237 e. The number of benzene rings is 1. The molecule has 0 bridgehead atoms. The van der Waals surface area contributed by atoms with Gasteiger partial charge in [-0.25, -0.2) is 0 Å². The van der Waals surface area contributed by atoms with E-state index in [2.05, 4.69) is 22.3 Å². The SMILES string of the molecule is CC(C)(C)C(C=O)NC(=O)C1CCCCN1Cc1ccccc1. The molecule has 1 aromatic carbocycles. The number of piperidine rings is 1. The highest BCUT2D eigenvalue weighted by Gasteiger charge is 2.32. The third-order valence-electron chi connectivity index (χ3n) is 4.51. The molecule has 1 aromatic rings. The third-order valence-corrected chi connectivity index (χ3v) is 4.51. The van der Waals surface area contributed by atoms with Crippen molar-refractivity contribution in [3.8, 4) is 0 Å². The summed E-state index contributed by atoms with van der Waals surface area (Å²) in [6, 6.07) is 9.64. The number of nitrogens with one attached hydrogen (secondary N) is 1. The van der Waals surface area contributed by atoms with Crippen LogP contribution in [-0.2, 0) is 16.1 Å². The topological polar surface area (TPSA) is 49.4 Å². The van der Waals surface area contributed by atoms with E-state index in [0.717, 1.165) is 38.6 Å². The van der Waals surface area contributed by atoms with Gasteiger partial charge < -0.3 is 10.1 Å². The first-order valence-corrected chi connectivity index (χ1v) is 8.45. The van der Waals surface area contributed by atoms with Crippen molar-refractivity contribution in [2.24, 2.45) is 5.41 Å². The Morgan fingerprint density at radius 1 is 1.30 bits per heavy atom. The molecule has 1 aliphatic rings. The minimum Gasteiger partial charge on any atom is -0.345 e. The van der Waals surface area contributed by atoms with Gasteiger partial charge in [-0.3, -0.25) is 9.69 Å². The fourth-order valence-corrected chi connectivity index (χ4v) is 3.00. The van der Waals surface area contributed by atoms with Crippen molar-refractivity contribution in [3.63, 3.8) is 0 Å². The van der Waals surface area contributed by atoms with Gasteiger partial charge in [0, 0.05) is 6.54 Å². The average molecular weight is 316 g/mol. The second-order valence-corrected chi connectivity index (χ2v) is 7.46. The quantitative estimate of drug-likeness (QED) is 0.850. The maximum absolute atomic E-state index is 12.7. The highest BCUT2D eigenvalue weighted by Crippen LogP contribution is 2.22. The molecule has 1 saturated heterocycles. The zero-order chi connectivity index (χ0) is 16.9. The van der Waals surface area contributed by atoms with Crippen molar-refractivity contribution in [1.82, 2.24) is 10.2 Å². The Morgan fingerprint density at radius 3 is 2.61 bits per heavy atom. The van der Waals surface area contributed by atoms with Crippen LogP contribution >= 0.6 is 0 Å². The number of rotatable bonds is 5. The first-order chi connectivity index (χ1) is 10.9. The van der Waals surface area contributed by atoms with E-state index in [1.165, 1.54) is 5.56 Å². The fourth-order valence-electron chi connectivity index (χ4n) is 3.00. The summed E-state index contributed by atoms with van der Waals surface area (Å²) >= 11 is 0. The van der Waals surface area contributed by atoms with E-state index >= 15 is 0 Å². The second kappa shape index (κ2) is 7.73. The van der Waals surface area contributed by atoms with Gasteiger partial charge in [-0.15, -0.1) is 0 Å². The monoisotopic (exact) mass is 316 g/mol. The van der Waals surface area contributed by atoms with Crippen LogP contribution < -0.4 is 5.32 Å². The summed E-state index contributed by atoms with van der Waals surface area (Å²) in [6.45, 7) is 7.60. The van der Waals surface area contributed by atoms with Crippen LogP contribution in [0.3, 0.4) is 0 Å². The number of hydrogen-bond acceptors (Lipinski definition) is 3. The number of carbonyl (C=O) groups excluding carboxylic acids is 2. The molecule has 0 radical (unpaired) electrons. The van der Waals surface area contributed by atoms with Gasteiger partial charge in [0.25, 0.3) is 0 Å². The molecule has 0 aromatic heterocycles. The molecule has 4 heteroatoms. The van der Waals surface area contributed by atoms with Gasteiger partial charge >= 0.3 is 0 Å². The maximum Gasteiger partial charge on any atom is 0.237 e. The van der Waals surface area contributed by atoms with Gasteiger partial charge in [-0.05, 0) is 30.4 Å². The number of carbonyl (C=O) groups is 2. The fraction of sp³-hybridized carbons (Fsp3) is 0.579. The van der Waals surface area contributed by atoms with Gasteiger partial charge in [0.2, 0.25) is 5.91 Å². The number of aldehydes is 1. The lowest BCUT2D eigenvalue weighted by Gasteiger charge is -2.36. The molecular weight excluding hydrogens is 288 g/mol. The van der Waals surface area contributed by atoms with Crippen molar-refractivity contribution in [2.75, 3.05) is 6.54 Å². The second-order valence-electron chi connectivity index (χ2n) is 7.46. The van der Waals surface area contributed by atoms with Gasteiger partial charge in [-0.2, -0.15) is 0 Å². The molecule has 1 fully saturated rings. The minimum atomic E-state index is -0.449. The highest BCUT2D eigenvalue weighted by molar-refractivity contribution is 5.84. The summed E-state index contributed by atoms with van der Waals surface area (Å²) in [5.74, 6) is -0.0207. The summed E-state index contributed by atoms with van der Waals surface area (Å²) in [4.78, 5) is 26.3. The van der Waals surface area contributed by atoms with Gasteiger partial charge in [0.15, 0.2) is 0 Å². The molecule has 1 heterocycles. The normalized spacial score (nSPS) is 20.7. The summed E-state index contributed by atoms with van der Waals surface area (Å²) in [7, 11) is 0. The van der Waals surface area contributed by atoms with E-state index in [9.17, 15) is 9.59 Å². The van der Waals surface area contributed by atoms with E-state index < -0.39 is 6.04 Å². The lowest BCUT2D eigenvalue weighted by atomic mass is 9.87. The zero-order valence-electron chi connectivity index (χ0n) is 14.4. The molecule has 1 amide bonds. The molecule has 126 valence electrons.